The summed E-state index contributed by atoms with van der Waals surface area (Å²) in [6.07, 6.45) is 2.45. The van der Waals surface area contributed by atoms with Crippen molar-refractivity contribution in [2.45, 2.75) is 17.7 Å². The molecular formula is C11H13FN2O4S. The van der Waals surface area contributed by atoms with Crippen LogP contribution >= 0.6 is 0 Å². The quantitative estimate of drug-likeness (QED) is 0.881. The molecule has 1 fully saturated rings. The number of sulfonamides is 1. The van der Waals surface area contributed by atoms with Crippen molar-refractivity contribution in [3.8, 4) is 0 Å². The van der Waals surface area contributed by atoms with Crippen molar-refractivity contribution in [1.82, 2.24) is 9.29 Å². The van der Waals surface area contributed by atoms with Crippen LogP contribution in [-0.2, 0) is 14.8 Å². The Hall–Kier alpha value is -1.54. The lowest BCUT2D eigenvalue weighted by Gasteiger charge is -2.16. The molecule has 2 rings (SSSR count). The molecule has 6 nitrogen and oxygen atoms in total. The van der Waals surface area contributed by atoms with E-state index in [1.807, 2.05) is 0 Å². The molecule has 0 amide bonds. The molecule has 104 valence electrons. The molecule has 1 aliphatic heterocycles. The van der Waals surface area contributed by atoms with E-state index >= 15 is 0 Å². The molecule has 1 N–H and O–H groups in total. The van der Waals surface area contributed by atoms with E-state index in [1.165, 1.54) is 4.31 Å². The number of halogens is 1. The average Bonchev–Trinajstić information content (AvgIpc) is 2.77. The van der Waals surface area contributed by atoms with E-state index in [0.717, 1.165) is 18.5 Å². The van der Waals surface area contributed by atoms with Crippen molar-refractivity contribution in [3.63, 3.8) is 0 Å². The number of aliphatic carboxylic acids is 1. The molecule has 0 radical (unpaired) electrons. The number of hydrogen-bond acceptors (Lipinski definition) is 4. The van der Waals surface area contributed by atoms with Gasteiger partial charge in [-0.15, -0.1) is 0 Å². The van der Waals surface area contributed by atoms with E-state index in [9.17, 15) is 17.6 Å². The highest BCUT2D eigenvalue weighted by atomic mass is 32.2. The lowest BCUT2D eigenvalue weighted by atomic mass is 10.1. The lowest BCUT2D eigenvalue weighted by molar-refractivity contribution is -0.137. The Bertz CT molecular complexity index is 590. The predicted octanol–water partition coefficient (Wildman–Crippen LogP) is 0.706. The zero-order valence-electron chi connectivity index (χ0n) is 9.99. The molecule has 0 aliphatic carbocycles. The fraction of sp³-hybridized carbons (Fsp3) is 0.455. The second-order valence-electron chi connectivity index (χ2n) is 4.45. The molecule has 0 spiro atoms. The van der Waals surface area contributed by atoms with E-state index in [1.54, 1.807) is 0 Å². The van der Waals surface area contributed by atoms with Crippen LogP contribution in [0.4, 0.5) is 4.39 Å². The highest BCUT2D eigenvalue weighted by Crippen LogP contribution is 2.25. The van der Waals surface area contributed by atoms with Crippen molar-refractivity contribution in [3.05, 3.63) is 24.3 Å². The topological polar surface area (TPSA) is 87.6 Å². The minimum atomic E-state index is -3.79. The highest BCUT2D eigenvalue weighted by molar-refractivity contribution is 7.89. The van der Waals surface area contributed by atoms with Crippen LogP contribution in [0, 0.1) is 11.7 Å². The second-order valence-corrected chi connectivity index (χ2v) is 6.39. The minimum absolute atomic E-state index is 0.0621. The van der Waals surface area contributed by atoms with Gasteiger partial charge in [-0.1, -0.05) is 0 Å². The van der Waals surface area contributed by atoms with Gasteiger partial charge in [0.05, 0.1) is 6.20 Å². The smallest absolute Gasteiger partial charge is 0.303 e. The van der Waals surface area contributed by atoms with Crippen LogP contribution in [0.5, 0.6) is 0 Å². The van der Waals surface area contributed by atoms with Crippen molar-refractivity contribution in [2.24, 2.45) is 5.92 Å². The maximum absolute atomic E-state index is 13.0. The zero-order chi connectivity index (χ0) is 14.0. The van der Waals surface area contributed by atoms with Gasteiger partial charge in [0, 0.05) is 25.7 Å². The van der Waals surface area contributed by atoms with Crippen LogP contribution in [-0.4, -0.2) is 41.9 Å². The first-order valence-corrected chi connectivity index (χ1v) is 7.16. The van der Waals surface area contributed by atoms with Crippen LogP contribution < -0.4 is 0 Å². The molecule has 1 atom stereocenters. The number of pyridine rings is 1. The van der Waals surface area contributed by atoms with Gasteiger partial charge in [-0.2, -0.15) is 4.31 Å². The second kappa shape index (κ2) is 5.22. The van der Waals surface area contributed by atoms with Crippen LogP contribution in [0.2, 0.25) is 0 Å². The first-order valence-electron chi connectivity index (χ1n) is 5.72. The van der Waals surface area contributed by atoms with Gasteiger partial charge in [0.25, 0.3) is 0 Å². The van der Waals surface area contributed by atoms with E-state index in [2.05, 4.69) is 4.98 Å². The first kappa shape index (κ1) is 13.9. The summed E-state index contributed by atoms with van der Waals surface area (Å²) in [5.41, 5.74) is 0. The third-order valence-corrected chi connectivity index (χ3v) is 4.86. The maximum atomic E-state index is 13.0. The highest BCUT2D eigenvalue weighted by Gasteiger charge is 2.33. The molecule has 1 unspecified atom stereocenters. The Morgan fingerprint density at radius 1 is 1.53 bits per heavy atom. The fourth-order valence-corrected chi connectivity index (χ4v) is 3.62. The molecule has 1 aromatic heterocycles. The Kier molecular flexibility index (Phi) is 3.81. The molecular weight excluding hydrogens is 275 g/mol. The minimum Gasteiger partial charge on any atom is -0.481 e. The van der Waals surface area contributed by atoms with E-state index in [-0.39, 0.29) is 30.3 Å². The number of carbonyl (C=O) groups is 1. The summed E-state index contributed by atoms with van der Waals surface area (Å²) < 4.78 is 38.6. The molecule has 1 saturated heterocycles. The van der Waals surface area contributed by atoms with Gasteiger partial charge in [0.2, 0.25) is 10.0 Å². The monoisotopic (exact) mass is 288 g/mol. The van der Waals surface area contributed by atoms with Crippen LogP contribution in [0.3, 0.4) is 0 Å². The van der Waals surface area contributed by atoms with Gasteiger partial charge in [-0.25, -0.2) is 12.8 Å². The summed E-state index contributed by atoms with van der Waals surface area (Å²) in [6.45, 7) is 0.391. The summed E-state index contributed by atoms with van der Waals surface area (Å²) in [5, 5.41) is 8.69. The predicted molar refractivity (Wildman–Crippen MR) is 63.3 cm³/mol. The summed E-state index contributed by atoms with van der Waals surface area (Å²) in [7, 11) is -3.79. The Labute approximate surface area is 109 Å². The Balaban J connectivity index is 2.16. The zero-order valence-corrected chi connectivity index (χ0v) is 10.8. The molecule has 2 heterocycles. The van der Waals surface area contributed by atoms with Crippen molar-refractivity contribution >= 4 is 16.0 Å². The Morgan fingerprint density at radius 3 is 2.89 bits per heavy atom. The number of rotatable bonds is 4. The van der Waals surface area contributed by atoms with Crippen LogP contribution in [0.15, 0.2) is 23.4 Å². The van der Waals surface area contributed by atoms with Gasteiger partial charge in [0.1, 0.15) is 10.7 Å². The largest absolute Gasteiger partial charge is 0.481 e. The van der Waals surface area contributed by atoms with Gasteiger partial charge in [-0.3, -0.25) is 9.78 Å². The third kappa shape index (κ3) is 3.07. The van der Waals surface area contributed by atoms with Gasteiger partial charge < -0.3 is 5.11 Å². The molecule has 0 aromatic carbocycles. The summed E-state index contributed by atoms with van der Waals surface area (Å²) in [5.74, 6) is -1.87. The summed E-state index contributed by atoms with van der Waals surface area (Å²) in [4.78, 5) is 13.9. The SMILES string of the molecule is O=C(O)CC1CCN(S(=O)(=O)c2cncc(F)c2)C1. The van der Waals surface area contributed by atoms with Gasteiger partial charge in [0.15, 0.2) is 0 Å². The normalized spacial score (nSPS) is 20.6. The number of aromatic nitrogens is 1. The lowest BCUT2D eigenvalue weighted by Crippen LogP contribution is -2.29. The van der Waals surface area contributed by atoms with Crippen LogP contribution in [0.25, 0.3) is 0 Å². The van der Waals surface area contributed by atoms with Gasteiger partial charge >= 0.3 is 5.97 Å². The van der Waals surface area contributed by atoms with Crippen molar-refractivity contribution in [2.75, 3.05) is 13.1 Å². The number of nitrogens with zero attached hydrogens (tertiary/aromatic N) is 2. The summed E-state index contributed by atoms with van der Waals surface area (Å²) in [6, 6.07) is 0.910. The maximum Gasteiger partial charge on any atom is 0.303 e. The van der Waals surface area contributed by atoms with E-state index < -0.39 is 21.8 Å². The summed E-state index contributed by atoms with van der Waals surface area (Å²) >= 11 is 0. The molecule has 19 heavy (non-hydrogen) atoms. The van der Waals surface area contributed by atoms with E-state index in [4.69, 9.17) is 5.11 Å². The fourth-order valence-electron chi connectivity index (χ4n) is 2.11. The number of carboxylic acid groups (broad SMARTS) is 1. The number of carboxylic acids is 1. The molecule has 1 aromatic rings. The molecule has 0 bridgehead atoms. The molecule has 1 aliphatic rings. The molecule has 0 saturated carbocycles. The van der Waals surface area contributed by atoms with Crippen LogP contribution in [0.1, 0.15) is 12.8 Å². The van der Waals surface area contributed by atoms with Gasteiger partial charge in [-0.05, 0) is 18.4 Å². The average molecular weight is 288 g/mol. The molecule has 8 heteroatoms. The Morgan fingerprint density at radius 2 is 2.26 bits per heavy atom. The first-order chi connectivity index (χ1) is 8.89. The third-order valence-electron chi connectivity index (χ3n) is 3.03. The van der Waals surface area contributed by atoms with E-state index in [0.29, 0.717) is 6.42 Å². The van der Waals surface area contributed by atoms with Crippen molar-refractivity contribution < 1.29 is 22.7 Å². The standard InChI is InChI=1S/C11H13FN2O4S/c12-9-4-10(6-13-5-9)19(17,18)14-2-1-8(7-14)3-11(15)16/h4-6,8H,1-3,7H2,(H,15,16). The number of hydrogen-bond donors (Lipinski definition) is 1. The van der Waals surface area contributed by atoms with Crippen molar-refractivity contribution in [1.29, 1.82) is 0 Å².